The molecule has 2 heterocycles. The van der Waals surface area contributed by atoms with E-state index in [-0.39, 0.29) is 5.82 Å². The molecule has 0 aliphatic rings. The molecule has 0 spiro atoms. The van der Waals surface area contributed by atoms with E-state index in [4.69, 9.17) is 5.73 Å². The highest BCUT2D eigenvalue weighted by Gasteiger charge is 2.12. The molecular formula is C15H13FN4. The van der Waals surface area contributed by atoms with Crippen molar-refractivity contribution >= 4 is 16.6 Å². The number of aromatic nitrogens is 3. The lowest BCUT2D eigenvalue weighted by atomic mass is 10.0. The number of pyridine rings is 1. The lowest BCUT2D eigenvalue weighted by Crippen LogP contribution is -1.97. The molecule has 5 heteroatoms. The average molecular weight is 268 g/mol. The highest BCUT2D eigenvalue weighted by Crippen LogP contribution is 2.28. The first-order chi connectivity index (χ1) is 9.54. The topological polar surface area (TPSA) is 64.7 Å². The molecule has 4 nitrogen and oxygen atoms in total. The Morgan fingerprint density at radius 3 is 2.55 bits per heavy atom. The van der Waals surface area contributed by atoms with E-state index >= 15 is 0 Å². The van der Waals surface area contributed by atoms with Crippen molar-refractivity contribution in [1.29, 1.82) is 0 Å². The summed E-state index contributed by atoms with van der Waals surface area (Å²) in [5.74, 6) is 0.0621. The molecule has 0 radical (unpaired) electrons. The normalized spacial score (nSPS) is 10.9. The highest BCUT2D eigenvalue weighted by atomic mass is 19.1. The summed E-state index contributed by atoms with van der Waals surface area (Å²) in [6.07, 6.45) is 1.56. The maximum atomic E-state index is 14.3. The molecule has 0 saturated heterocycles. The maximum Gasteiger partial charge on any atom is 0.133 e. The van der Waals surface area contributed by atoms with Crippen LogP contribution in [0.3, 0.4) is 0 Å². The van der Waals surface area contributed by atoms with Gasteiger partial charge < -0.3 is 5.73 Å². The minimum Gasteiger partial charge on any atom is -0.384 e. The van der Waals surface area contributed by atoms with E-state index in [2.05, 4.69) is 15.2 Å². The fourth-order valence-electron chi connectivity index (χ4n) is 2.25. The fourth-order valence-corrected chi connectivity index (χ4v) is 2.25. The number of nitrogens with two attached hydrogens (primary N) is 1. The minimum absolute atomic E-state index is 0.342. The fraction of sp³-hybridized carbons (Fsp3) is 0.133. The molecule has 20 heavy (non-hydrogen) atoms. The third kappa shape index (κ3) is 2.07. The van der Waals surface area contributed by atoms with Gasteiger partial charge in [0.1, 0.15) is 11.6 Å². The lowest BCUT2D eigenvalue weighted by Gasteiger charge is -2.08. The second-order valence-corrected chi connectivity index (χ2v) is 4.81. The predicted octanol–water partition coefficient (Wildman–Crippen LogP) is 3.03. The van der Waals surface area contributed by atoms with Crippen molar-refractivity contribution in [1.82, 2.24) is 15.2 Å². The zero-order chi connectivity index (χ0) is 14.3. The summed E-state index contributed by atoms with van der Waals surface area (Å²) < 4.78 is 14.3. The molecule has 0 bridgehead atoms. The number of benzene rings is 1. The van der Waals surface area contributed by atoms with Crippen LogP contribution in [0.2, 0.25) is 0 Å². The molecule has 3 rings (SSSR count). The molecule has 0 aliphatic heterocycles. The Morgan fingerprint density at radius 2 is 1.80 bits per heavy atom. The van der Waals surface area contributed by atoms with Gasteiger partial charge in [-0.2, -0.15) is 5.10 Å². The van der Waals surface area contributed by atoms with Gasteiger partial charge in [0.25, 0.3) is 0 Å². The van der Waals surface area contributed by atoms with Gasteiger partial charge in [-0.3, -0.25) is 0 Å². The third-order valence-electron chi connectivity index (χ3n) is 3.19. The monoisotopic (exact) mass is 268 g/mol. The lowest BCUT2D eigenvalue weighted by molar-refractivity contribution is 0.632. The van der Waals surface area contributed by atoms with Crippen LogP contribution < -0.4 is 5.73 Å². The van der Waals surface area contributed by atoms with Crippen molar-refractivity contribution in [2.45, 2.75) is 13.8 Å². The number of hydrogen-bond acceptors (Lipinski definition) is 4. The van der Waals surface area contributed by atoms with E-state index in [1.165, 1.54) is 6.07 Å². The van der Waals surface area contributed by atoms with Gasteiger partial charge in [0, 0.05) is 17.1 Å². The number of aryl methyl sites for hydroxylation is 2. The zero-order valence-electron chi connectivity index (χ0n) is 11.2. The van der Waals surface area contributed by atoms with Crippen LogP contribution >= 0.6 is 0 Å². The molecule has 2 aromatic heterocycles. The zero-order valence-corrected chi connectivity index (χ0v) is 11.2. The summed E-state index contributed by atoms with van der Waals surface area (Å²) in [6.45, 7) is 3.74. The van der Waals surface area contributed by atoms with Crippen molar-refractivity contribution in [2.24, 2.45) is 0 Å². The Bertz CT molecular complexity index is 814. The molecule has 3 aromatic rings. The molecule has 0 fully saturated rings. The number of fused-ring (bicyclic) bond motifs is 1. The van der Waals surface area contributed by atoms with E-state index in [1.807, 2.05) is 19.9 Å². The Morgan fingerprint density at radius 1 is 1.00 bits per heavy atom. The number of anilines is 1. The van der Waals surface area contributed by atoms with Crippen LogP contribution in [0, 0.1) is 19.7 Å². The van der Waals surface area contributed by atoms with Gasteiger partial charge >= 0.3 is 0 Å². The average Bonchev–Trinajstić information content (AvgIpc) is 2.39. The Kier molecular flexibility index (Phi) is 2.82. The van der Waals surface area contributed by atoms with Crippen LogP contribution in [0.5, 0.6) is 0 Å². The van der Waals surface area contributed by atoms with Crippen LogP contribution in [0.4, 0.5) is 10.2 Å². The van der Waals surface area contributed by atoms with Gasteiger partial charge in [0.2, 0.25) is 0 Å². The van der Waals surface area contributed by atoms with Crippen LogP contribution in [-0.2, 0) is 0 Å². The molecule has 0 unspecified atom stereocenters. The Balaban J connectivity index is 2.27. The number of rotatable bonds is 1. The Hall–Kier alpha value is -2.56. The Labute approximate surface area is 115 Å². The second kappa shape index (κ2) is 4.52. The number of hydrogen-bond donors (Lipinski definition) is 1. The van der Waals surface area contributed by atoms with E-state index in [0.717, 1.165) is 16.6 Å². The molecule has 0 aliphatic carbocycles. The quantitative estimate of drug-likeness (QED) is 0.736. The smallest absolute Gasteiger partial charge is 0.133 e. The molecule has 100 valence electrons. The van der Waals surface area contributed by atoms with E-state index < -0.39 is 0 Å². The van der Waals surface area contributed by atoms with Gasteiger partial charge in [-0.05, 0) is 49.1 Å². The van der Waals surface area contributed by atoms with Gasteiger partial charge in [0.05, 0.1) is 11.4 Å². The molecule has 1 aromatic carbocycles. The van der Waals surface area contributed by atoms with Crippen molar-refractivity contribution in [3.05, 3.63) is 47.5 Å². The summed E-state index contributed by atoms with van der Waals surface area (Å²) >= 11 is 0. The van der Waals surface area contributed by atoms with Crippen LogP contribution in [-0.4, -0.2) is 15.2 Å². The van der Waals surface area contributed by atoms with Gasteiger partial charge in [0.15, 0.2) is 0 Å². The summed E-state index contributed by atoms with van der Waals surface area (Å²) in [4.78, 5) is 3.96. The maximum absolute atomic E-state index is 14.3. The standard InChI is InChI=1S/C15H13FN4/c1-8-3-9(2)19-20-15(8)12-4-10-6-14(17)18-7-11(10)5-13(12)16/h3-7H,1-2H3,(H2,17,18). The number of nitrogens with zero attached hydrogens (tertiary/aromatic N) is 3. The predicted molar refractivity (Wildman–Crippen MR) is 76.6 cm³/mol. The van der Waals surface area contributed by atoms with E-state index in [0.29, 0.717) is 22.5 Å². The number of nitrogen functional groups attached to an aromatic ring is 1. The largest absolute Gasteiger partial charge is 0.384 e. The first-order valence-corrected chi connectivity index (χ1v) is 6.20. The van der Waals surface area contributed by atoms with Crippen molar-refractivity contribution in [2.75, 3.05) is 5.73 Å². The van der Waals surface area contributed by atoms with Crippen LogP contribution in [0.25, 0.3) is 22.0 Å². The number of halogens is 1. The van der Waals surface area contributed by atoms with Gasteiger partial charge in [-0.1, -0.05) is 0 Å². The summed E-state index contributed by atoms with van der Waals surface area (Å²) in [7, 11) is 0. The van der Waals surface area contributed by atoms with E-state index in [9.17, 15) is 4.39 Å². The second-order valence-electron chi connectivity index (χ2n) is 4.81. The molecule has 0 amide bonds. The minimum atomic E-state index is -0.342. The molecule has 2 N–H and O–H groups in total. The van der Waals surface area contributed by atoms with Crippen LogP contribution in [0.15, 0.2) is 30.5 Å². The summed E-state index contributed by atoms with van der Waals surface area (Å²) in [6, 6.07) is 6.77. The van der Waals surface area contributed by atoms with Gasteiger partial charge in [-0.15, -0.1) is 5.10 Å². The first kappa shape index (κ1) is 12.5. The van der Waals surface area contributed by atoms with E-state index in [1.54, 1.807) is 18.3 Å². The highest BCUT2D eigenvalue weighted by molar-refractivity contribution is 5.88. The van der Waals surface area contributed by atoms with Crippen LogP contribution in [0.1, 0.15) is 11.3 Å². The van der Waals surface area contributed by atoms with Gasteiger partial charge in [-0.25, -0.2) is 9.37 Å². The first-order valence-electron chi connectivity index (χ1n) is 6.20. The SMILES string of the molecule is Cc1cc(C)c(-c2cc3cc(N)ncc3cc2F)nn1. The van der Waals surface area contributed by atoms with Crippen molar-refractivity contribution in [3.8, 4) is 11.3 Å². The van der Waals surface area contributed by atoms with Crippen molar-refractivity contribution in [3.63, 3.8) is 0 Å². The third-order valence-corrected chi connectivity index (χ3v) is 3.19. The molecular weight excluding hydrogens is 255 g/mol. The summed E-state index contributed by atoms with van der Waals surface area (Å²) in [5, 5.41) is 9.64. The molecule has 0 atom stereocenters. The molecule has 0 saturated carbocycles. The summed E-state index contributed by atoms with van der Waals surface area (Å²) in [5.41, 5.74) is 8.33. The van der Waals surface area contributed by atoms with Crippen molar-refractivity contribution < 1.29 is 4.39 Å².